The van der Waals surface area contributed by atoms with E-state index in [1.165, 1.54) is 30.4 Å². The number of nitrogens with zero attached hydrogens (tertiary/aromatic N) is 3. The number of hydrogen-bond donors (Lipinski definition) is 2. The van der Waals surface area contributed by atoms with E-state index in [9.17, 15) is 14.9 Å². The molecule has 0 bridgehead atoms. The van der Waals surface area contributed by atoms with Gasteiger partial charge in [-0.1, -0.05) is 29.8 Å². The first kappa shape index (κ1) is 24.0. The zero-order chi connectivity index (χ0) is 24.9. The summed E-state index contributed by atoms with van der Waals surface area (Å²) in [5.41, 5.74) is 3.88. The number of alkyl halides is 1. The number of aromatic nitrogens is 2. The second-order valence-electron chi connectivity index (χ2n) is 7.58. The smallest absolute Gasteiger partial charge is 0.255 e. The van der Waals surface area contributed by atoms with Crippen molar-refractivity contribution in [2.45, 2.75) is 0 Å². The molecule has 174 valence electrons. The van der Waals surface area contributed by atoms with Crippen LogP contribution in [-0.4, -0.2) is 27.5 Å². The first-order chi connectivity index (χ1) is 16.9. The normalized spacial score (nSPS) is 10.9. The number of nitrogens with one attached hydrogen (secondary N) is 2. The van der Waals surface area contributed by atoms with Crippen LogP contribution in [0.15, 0.2) is 72.9 Å². The Morgan fingerprint density at radius 1 is 1.14 bits per heavy atom. The van der Waals surface area contributed by atoms with E-state index in [2.05, 4.69) is 15.7 Å². The highest BCUT2D eigenvalue weighted by Gasteiger charge is 2.14. The Labute approximate surface area is 211 Å². The van der Waals surface area contributed by atoms with Crippen LogP contribution in [0.4, 0.5) is 11.4 Å². The van der Waals surface area contributed by atoms with Crippen molar-refractivity contribution in [2.75, 3.05) is 16.5 Å². The summed E-state index contributed by atoms with van der Waals surface area (Å²) in [4.78, 5) is 24.8. The molecule has 0 aliphatic heterocycles. The molecule has 9 heteroatoms. The van der Waals surface area contributed by atoms with Gasteiger partial charge in [0.15, 0.2) is 0 Å². The minimum absolute atomic E-state index is 0.161. The fourth-order valence-electron chi connectivity index (χ4n) is 3.66. The third-order valence-electron chi connectivity index (χ3n) is 5.31. The van der Waals surface area contributed by atoms with E-state index in [4.69, 9.17) is 23.2 Å². The van der Waals surface area contributed by atoms with Gasteiger partial charge in [-0.05, 0) is 48.0 Å². The van der Waals surface area contributed by atoms with Crippen molar-refractivity contribution in [1.82, 2.24) is 9.78 Å². The predicted molar refractivity (Wildman–Crippen MR) is 139 cm³/mol. The molecule has 0 saturated heterocycles. The van der Waals surface area contributed by atoms with Crippen molar-refractivity contribution >= 4 is 57.3 Å². The molecular formula is C26H19Cl2N5O2. The molecule has 0 spiro atoms. The van der Waals surface area contributed by atoms with Gasteiger partial charge >= 0.3 is 0 Å². The summed E-state index contributed by atoms with van der Waals surface area (Å²) in [6.45, 7) is 0. The van der Waals surface area contributed by atoms with Crippen LogP contribution in [0.2, 0.25) is 5.02 Å². The Morgan fingerprint density at radius 2 is 1.97 bits per heavy atom. The standard InChI is InChI=1S/C26H19Cl2N5O2/c1-33-23-10-8-21(28)25(20(23)15-30-33)16-4-2-5-19(13-16)31-26(35)17-7-9-22(18(12-17)14-29)32-24(34)6-3-11-27/h2-10,12-13,15H,11H2,1H3,(H,31,35)(H,32,34)/b6-3+. The second-order valence-corrected chi connectivity index (χ2v) is 8.29. The van der Waals surface area contributed by atoms with E-state index in [0.29, 0.717) is 16.4 Å². The molecule has 2 amide bonds. The molecule has 2 N–H and O–H groups in total. The van der Waals surface area contributed by atoms with Crippen LogP contribution >= 0.6 is 23.2 Å². The lowest BCUT2D eigenvalue weighted by Gasteiger charge is -2.11. The maximum absolute atomic E-state index is 12.9. The summed E-state index contributed by atoms with van der Waals surface area (Å²) in [7, 11) is 1.86. The quantitative estimate of drug-likeness (QED) is 0.258. The molecule has 0 fully saturated rings. The Morgan fingerprint density at radius 3 is 2.74 bits per heavy atom. The largest absolute Gasteiger partial charge is 0.322 e. The highest BCUT2D eigenvalue weighted by Crippen LogP contribution is 2.36. The molecule has 1 aromatic heterocycles. The summed E-state index contributed by atoms with van der Waals surface area (Å²) in [5.74, 6) is -0.620. The molecule has 0 unspecified atom stereocenters. The molecule has 4 rings (SSSR count). The van der Waals surface area contributed by atoms with Gasteiger partial charge in [0.1, 0.15) is 6.07 Å². The third kappa shape index (κ3) is 5.19. The fourth-order valence-corrected chi connectivity index (χ4v) is 4.03. The molecule has 0 radical (unpaired) electrons. The summed E-state index contributed by atoms with van der Waals surface area (Å²) >= 11 is 12.1. The van der Waals surface area contributed by atoms with Crippen LogP contribution in [0.1, 0.15) is 15.9 Å². The highest BCUT2D eigenvalue weighted by atomic mass is 35.5. The Kier molecular flexibility index (Phi) is 7.16. The number of aryl methyl sites for hydroxylation is 1. The van der Waals surface area contributed by atoms with Crippen molar-refractivity contribution in [3.63, 3.8) is 0 Å². The van der Waals surface area contributed by atoms with Crippen molar-refractivity contribution < 1.29 is 9.59 Å². The van der Waals surface area contributed by atoms with Crippen molar-refractivity contribution in [3.05, 3.63) is 89.1 Å². The summed E-state index contributed by atoms with van der Waals surface area (Å²) in [5, 5.41) is 20.7. The number of fused-ring (bicyclic) bond motifs is 1. The first-order valence-electron chi connectivity index (χ1n) is 10.5. The molecule has 0 aliphatic carbocycles. The number of nitriles is 1. The minimum Gasteiger partial charge on any atom is -0.322 e. The van der Waals surface area contributed by atoms with Crippen LogP contribution in [0, 0.1) is 11.3 Å². The van der Waals surface area contributed by atoms with Gasteiger partial charge in [-0.15, -0.1) is 11.6 Å². The van der Waals surface area contributed by atoms with Crippen molar-refractivity contribution in [1.29, 1.82) is 5.26 Å². The highest BCUT2D eigenvalue weighted by molar-refractivity contribution is 6.35. The van der Waals surface area contributed by atoms with Gasteiger partial charge in [-0.2, -0.15) is 10.4 Å². The van der Waals surface area contributed by atoms with E-state index >= 15 is 0 Å². The lowest BCUT2D eigenvalue weighted by atomic mass is 10.0. The number of carbonyl (C=O) groups is 2. The van der Waals surface area contributed by atoms with Gasteiger partial charge in [0.25, 0.3) is 5.91 Å². The van der Waals surface area contributed by atoms with Crippen molar-refractivity contribution in [3.8, 4) is 17.2 Å². The molecule has 35 heavy (non-hydrogen) atoms. The lowest BCUT2D eigenvalue weighted by Crippen LogP contribution is -2.14. The van der Waals surface area contributed by atoms with Crippen LogP contribution in [0.25, 0.3) is 22.0 Å². The number of carbonyl (C=O) groups excluding carboxylic acids is 2. The first-order valence-corrected chi connectivity index (χ1v) is 11.4. The number of allylic oxidation sites excluding steroid dienone is 1. The van der Waals surface area contributed by atoms with Gasteiger partial charge in [-0.25, -0.2) is 0 Å². The van der Waals surface area contributed by atoms with Crippen molar-refractivity contribution in [2.24, 2.45) is 7.05 Å². The zero-order valence-corrected chi connectivity index (χ0v) is 20.1. The van der Waals surface area contributed by atoms with Gasteiger partial charge < -0.3 is 10.6 Å². The molecule has 3 aromatic carbocycles. The van der Waals surface area contributed by atoms with Crippen LogP contribution in [0.5, 0.6) is 0 Å². The summed E-state index contributed by atoms with van der Waals surface area (Å²) in [6.07, 6.45) is 4.53. The molecule has 7 nitrogen and oxygen atoms in total. The molecular weight excluding hydrogens is 485 g/mol. The Bertz CT molecular complexity index is 1520. The van der Waals surface area contributed by atoms with Gasteiger partial charge in [0, 0.05) is 46.2 Å². The number of rotatable bonds is 6. The minimum atomic E-state index is -0.418. The lowest BCUT2D eigenvalue weighted by molar-refractivity contribution is -0.111. The van der Waals surface area contributed by atoms with Gasteiger partial charge in [0.05, 0.1) is 23.0 Å². The second kappa shape index (κ2) is 10.4. The van der Waals surface area contributed by atoms with E-state index in [-0.39, 0.29) is 17.0 Å². The third-order valence-corrected chi connectivity index (χ3v) is 5.80. The maximum atomic E-state index is 12.9. The Hall–Kier alpha value is -4.12. The molecule has 0 aliphatic rings. The monoisotopic (exact) mass is 503 g/mol. The number of anilines is 2. The van der Waals surface area contributed by atoms with Crippen LogP contribution < -0.4 is 10.6 Å². The number of hydrogen-bond acceptors (Lipinski definition) is 4. The van der Waals surface area contributed by atoms with E-state index < -0.39 is 11.8 Å². The zero-order valence-electron chi connectivity index (χ0n) is 18.5. The average molecular weight is 504 g/mol. The van der Waals surface area contributed by atoms with Gasteiger partial charge in [-0.3, -0.25) is 14.3 Å². The molecule has 4 aromatic rings. The molecule has 1 heterocycles. The molecule has 0 atom stereocenters. The van der Waals surface area contributed by atoms with Gasteiger partial charge in [0.2, 0.25) is 5.91 Å². The predicted octanol–water partition coefficient (Wildman–Crippen LogP) is 5.75. The van der Waals surface area contributed by atoms with E-state index in [0.717, 1.165) is 22.0 Å². The number of amides is 2. The van der Waals surface area contributed by atoms with E-state index in [1.807, 2.05) is 43.4 Å². The van der Waals surface area contributed by atoms with Crippen LogP contribution in [-0.2, 0) is 11.8 Å². The Balaban J connectivity index is 1.59. The van der Waals surface area contributed by atoms with Crippen LogP contribution in [0.3, 0.4) is 0 Å². The summed E-state index contributed by atoms with van der Waals surface area (Å²) in [6, 6.07) is 17.5. The average Bonchev–Trinajstić information content (AvgIpc) is 3.23. The maximum Gasteiger partial charge on any atom is 0.255 e. The van der Waals surface area contributed by atoms with E-state index in [1.54, 1.807) is 16.9 Å². The number of halogens is 2. The number of benzene rings is 3. The fraction of sp³-hybridized carbons (Fsp3) is 0.0769. The summed E-state index contributed by atoms with van der Waals surface area (Å²) < 4.78 is 1.77. The SMILES string of the molecule is Cn1ncc2c(-c3cccc(NC(=O)c4ccc(NC(=O)/C=C/CCl)c(C#N)c4)c3)c(Cl)ccc21. The topological polar surface area (TPSA) is 99.8 Å². The molecule has 0 saturated carbocycles.